The molecule has 1 fully saturated rings. The van der Waals surface area contributed by atoms with Gasteiger partial charge in [0, 0.05) is 36.7 Å². The first-order chi connectivity index (χ1) is 13.7. The summed E-state index contributed by atoms with van der Waals surface area (Å²) in [6.07, 6.45) is 5.19. The number of carbonyl (C=O) groups is 2. The summed E-state index contributed by atoms with van der Waals surface area (Å²) < 4.78 is 1.75. The van der Waals surface area contributed by atoms with Crippen LogP contribution in [0, 0.1) is 5.92 Å². The van der Waals surface area contributed by atoms with Crippen molar-refractivity contribution in [1.29, 1.82) is 0 Å². The molecule has 2 aromatic carbocycles. The molecule has 0 saturated carbocycles. The summed E-state index contributed by atoms with van der Waals surface area (Å²) in [4.78, 5) is 27.3. The third-order valence-corrected chi connectivity index (χ3v) is 5.00. The van der Waals surface area contributed by atoms with Crippen molar-refractivity contribution in [2.75, 3.05) is 18.4 Å². The number of anilines is 1. The van der Waals surface area contributed by atoms with Gasteiger partial charge >= 0.3 is 0 Å². The predicted molar refractivity (Wildman–Crippen MR) is 107 cm³/mol. The molecule has 1 atom stereocenters. The average Bonchev–Trinajstić information content (AvgIpc) is 3.29. The Hall–Kier alpha value is -3.41. The second-order valence-electron chi connectivity index (χ2n) is 6.94. The number of piperidine rings is 1. The first kappa shape index (κ1) is 18.0. The quantitative estimate of drug-likeness (QED) is 0.761. The van der Waals surface area contributed by atoms with Crippen molar-refractivity contribution < 1.29 is 9.59 Å². The number of nitrogens with one attached hydrogen (secondary N) is 1. The summed E-state index contributed by atoms with van der Waals surface area (Å²) in [5.74, 6) is -0.261. The molecule has 1 aliphatic rings. The highest BCUT2D eigenvalue weighted by molar-refractivity contribution is 5.96. The molecule has 0 bridgehead atoms. The van der Waals surface area contributed by atoms with E-state index in [2.05, 4.69) is 10.4 Å². The lowest BCUT2D eigenvalue weighted by Gasteiger charge is -2.32. The molecule has 4 rings (SSSR count). The number of hydrogen-bond acceptors (Lipinski definition) is 3. The van der Waals surface area contributed by atoms with Crippen molar-refractivity contribution in [1.82, 2.24) is 14.7 Å². The van der Waals surface area contributed by atoms with E-state index in [1.807, 2.05) is 66.9 Å². The zero-order valence-electron chi connectivity index (χ0n) is 15.5. The van der Waals surface area contributed by atoms with E-state index in [1.54, 1.807) is 15.8 Å². The summed E-state index contributed by atoms with van der Waals surface area (Å²) in [6, 6.07) is 18.7. The number of likely N-dealkylation sites (tertiary alicyclic amines) is 1. The molecule has 142 valence electrons. The predicted octanol–water partition coefficient (Wildman–Crippen LogP) is 3.36. The van der Waals surface area contributed by atoms with Gasteiger partial charge < -0.3 is 10.2 Å². The van der Waals surface area contributed by atoms with E-state index < -0.39 is 0 Å². The van der Waals surface area contributed by atoms with Gasteiger partial charge in [0.25, 0.3) is 5.91 Å². The number of benzene rings is 2. The lowest BCUT2D eigenvalue weighted by Crippen LogP contribution is -2.43. The van der Waals surface area contributed by atoms with E-state index in [-0.39, 0.29) is 17.7 Å². The molecule has 1 N–H and O–H groups in total. The Morgan fingerprint density at radius 1 is 1.00 bits per heavy atom. The minimum atomic E-state index is -0.193. The molecule has 3 aromatic rings. The molecule has 0 unspecified atom stereocenters. The molecule has 2 amide bonds. The third-order valence-electron chi connectivity index (χ3n) is 5.00. The maximum Gasteiger partial charge on any atom is 0.253 e. The van der Waals surface area contributed by atoms with Crippen LogP contribution in [0.1, 0.15) is 23.2 Å². The first-order valence-corrected chi connectivity index (χ1v) is 9.46. The summed E-state index contributed by atoms with van der Waals surface area (Å²) >= 11 is 0. The van der Waals surface area contributed by atoms with Crippen LogP contribution in [-0.4, -0.2) is 39.6 Å². The lowest BCUT2D eigenvalue weighted by atomic mass is 9.96. The van der Waals surface area contributed by atoms with Crippen LogP contribution >= 0.6 is 0 Å². The molecule has 0 radical (unpaired) electrons. The van der Waals surface area contributed by atoms with Crippen molar-refractivity contribution in [2.45, 2.75) is 12.8 Å². The molecular formula is C22H22N4O2. The third kappa shape index (κ3) is 3.96. The van der Waals surface area contributed by atoms with Crippen LogP contribution in [0.3, 0.4) is 0 Å². The van der Waals surface area contributed by atoms with Crippen LogP contribution in [0.2, 0.25) is 0 Å². The van der Waals surface area contributed by atoms with E-state index in [4.69, 9.17) is 0 Å². The lowest BCUT2D eigenvalue weighted by molar-refractivity contribution is -0.121. The zero-order chi connectivity index (χ0) is 19.3. The Balaban J connectivity index is 1.41. The Morgan fingerprint density at radius 3 is 2.50 bits per heavy atom. The minimum absolute atomic E-state index is 0.0299. The van der Waals surface area contributed by atoms with Crippen LogP contribution in [0.5, 0.6) is 0 Å². The molecular weight excluding hydrogens is 352 g/mol. The van der Waals surface area contributed by atoms with Gasteiger partial charge in [-0.05, 0) is 55.3 Å². The number of nitrogens with zero attached hydrogens (tertiary/aromatic N) is 3. The Morgan fingerprint density at radius 2 is 1.79 bits per heavy atom. The fourth-order valence-corrected chi connectivity index (χ4v) is 3.50. The van der Waals surface area contributed by atoms with Crippen LogP contribution < -0.4 is 5.32 Å². The molecule has 1 saturated heterocycles. The Labute approximate surface area is 163 Å². The molecule has 6 heteroatoms. The molecule has 1 aliphatic heterocycles. The average molecular weight is 374 g/mol. The Kier molecular flexibility index (Phi) is 5.19. The van der Waals surface area contributed by atoms with E-state index in [0.717, 1.165) is 24.2 Å². The highest BCUT2D eigenvalue weighted by Gasteiger charge is 2.29. The standard InChI is InChI=1S/C22H22N4O2/c27-21(24-19-7-2-1-3-8-19)18-6-4-14-25(16-18)22(28)17-9-11-20(12-10-17)26-15-5-13-23-26/h1-3,5,7-13,15,18H,4,6,14,16H2,(H,24,27)/t18-/m0/s1. The number of para-hydroxylation sites is 1. The molecule has 0 aliphatic carbocycles. The highest BCUT2D eigenvalue weighted by Crippen LogP contribution is 2.21. The van der Waals surface area contributed by atoms with E-state index in [0.29, 0.717) is 18.7 Å². The summed E-state index contributed by atoms with van der Waals surface area (Å²) in [5.41, 5.74) is 2.31. The maximum atomic E-state index is 12.9. The summed E-state index contributed by atoms with van der Waals surface area (Å²) in [6.45, 7) is 1.12. The monoisotopic (exact) mass is 374 g/mol. The molecule has 2 heterocycles. The van der Waals surface area contributed by atoms with E-state index in [9.17, 15) is 9.59 Å². The van der Waals surface area contributed by atoms with Crippen molar-refractivity contribution in [2.24, 2.45) is 5.92 Å². The summed E-state index contributed by atoms with van der Waals surface area (Å²) in [5, 5.41) is 7.14. The van der Waals surface area contributed by atoms with Gasteiger partial charge in [-0.2, -0.15) is 5.10 Å². The van der Waals surface area contributed by atoms with Gasteiger partial charge in [-0.25, -0.2) is 4.68 Å². The van der Waals surface area contributed by atoms with Gasteiger partial charge in [0.1, 0.15) is 0 Å². The first-order valence-electron chi connectivity index (χ1n) is 9.46. The highest BCUT2D eigenvalue weighted by atomic mass is 16.2. The van der Waals surface area contributed by atoms with Crippen molar-refractivity contribution >= 4 is 17.5 Å². The molecule has 6 nitrogen and oxygen atoms in total. The number of aromatic nitrogens is 2. The van der Waals surface area contributed by atoms with Gasteiger partial charge in [-0.15, -0.1) is 0 Å². The van der Waals surface area contributed by atoms with Crippen LogP contribution in [0.4, 0.5) is 5.69 Å². The van der Waals surface area contributed by atoms with Gasteiger partial charge in [0.2, 0.25) is 5.91 Å². The number of hydrogen-bond donors (Lipinski definition) is 1. The second kappa shape index (κ2) is 8.08. The largest absolute Gasteiger partial charge is 0.338 e. The fraction of sp³-hybridized carbons (Fsp3) is 0.227. The number of amides is 2. The van der Waals surface area contributed by atoms with Crippen molar-refractivity contribution in [3.05, 3.63) is 78.6 Å². The van der Waals surface area contributed by atoms with Crippen LogP contribution in [0.25, 0.3) is 5.69 Å². The fourth-order valence-electron chi connectivity index (χ4n) is 3.50. The molecule has 1 aromatic heterocycles. The Bertz CT molecular complexity index is 936. The van der Waals surface area contributed by atoms with Gasteiger partial charge in [-0.3, -0.25) is 9.59 Å². The summed E-state index contributed by atoms with van der Waals surface area (Å²) in [7, 11) is 0. The van der Waals surface area contributed by atoms with Gasteiger partial charge in [0.15, 0.2) is 0 Å². The molecule has 0 spiro atoms. The van der Waals surface area contributed by atoms with E-state index in [1.165, 1.54) is 0 Å². The minimum Gasteiger partial charge on any atom is -0.338 e. The number of carbonyl (C=O) groups excluding carboxylic acids is 2. The smallest absolute Gasteiger partial charge is 0.253 e. The topological polar surface area (TPSA) is 67.2 Å². The molecule has 28 heavy (non-hydrogen) atoms. The maximum absolute atomic E-state index is 12.9. The van der Waals surface area contributed by atoms with Crippen LogP contribution in [-0.2, 0) is 4.79 Å². The second-order valence-corrected chi connectivity index (χ2v) is 6.94. The number of rotatable bonds is 4. The van der Waals surface area contributed by atoms with Crippen molar-refractivity contribution in [3.63, 3.8) is 0 Å². The van der Waals surface area contributed by atoms with Crippen molar-refractivity contribution in [3.8, 4) is 5.69 Å². The van der Waals surface area contributed by atoms with Crippen LogP contribution in [0.15, 0.2) is 73.1 Å². The van der Waals surface area contributed by atoms with Gasteiger partial charge in [0.05, 0.1) is 11.6 Å². The van der Waals surface area contributed by atoms with Gasteiger partial charge in [-0.1, -0.05) is 18.2 Å². The normalized spacial score (nSPS) is 16.6. The SMILES string of the molecule is O=C(Nc1ccccc1)[C@H]1CCCN(C(=O)c2ccc(-n3cccn3)cc2)C1. The van der Waals surface area contributed by atoms with E-state index >= 15 is 0 Å². The zero-order valence-corrected chi connectivity index (χ0v) is 15.5.